The first kappa shape index (κ1) is 19.4. The molecule has 2 aromatic rings. The Morgan fingerprint density at radius 2 is 1.69 bits per heavy atom. The third kappa shape index (κ3) is 5.54. The number of aryl methyl sites for hydroxylation is 1. The smallest absolute Gasteiger partial charge is 0.224 e. The first-order valence-corrected chi connectivity index (χ1v) is 8.11. The second-order valence-corrected chi connectivity index (χ2v) is 5.76. The van der Waals surface area contributed by atoms with Gasteiger partial charge in [0.05, 0.1) is 18.0 Å². The number of hydrogen-bond donors (Lipinski definition) is 2. The van der Waals surface area contributed by atoms with E-state index < -0.39 is 23.4 Å². The van der Waals surface area contributed by atoms with Crippen LogP contribution in [-0.2, 0) is 9.59 Å². The largest absolute Gasteiger partial charge is 0.493 e. The van der Waals surface area contributed by atoms with Crippen molar-refractivity contribution in [3.05, 3.63) is 53.6 Å². The first-order valence-electron chi connectivity index (χ1n) is 8.11. The summed E-state index contributed by atoms with van der Waals surface area (Å²) in [5.74, 6) is -2.01. The Bertz CT molecular complexity index is 809. The SMILES string of the molecule is CC(=O)Nc1cc(NC(=O)CCCOc2ccccc2C)c(F)cc1F. The van der Waals surface area contributed by atoms with Gasteiger partial charge in [-0.15, -0.1) is 0 Å². The second-order valence-electron chi connectivity index (χ2n) is 5.76. The molecule has 2 aromatic carbocycles. The minimum atomic E-state index is -0.916. The molecule has 2 amide bonds. The lowest BCUT2D eigenvalue weighted by Crippen LogP contribution is -2.15. The number of ether oxygens (including phenoxy) is 1. The molecule has 0 fully saturated rings. The van der Waals surface area contributed by atoms with Gasteiger partial charge in [0.25, 0.3) is 0 Å². The van der Waals surface area contributed by atoms with E-state index in [-0.39, 0.29) is 17.8 Å². The van der Waals surface area contributed by atoms with Crippen LogP contribution in [0.15, 0.2) is 36.4 Å². The molecule has 0 atom stereocenters. The van der Waals surface area contributed by atoms with Crippen LogP contribution in [0.1, 0.15) is 25.3 Å². The third-order valence-electron chi connectivity index (χ3n) is 3.54. The third-order valence-corrected chi connectivity index (χ3v) is 3.54. The molecule has 2 rings (SSSR count). The van der Waals surface area contributed by atoms with E-state index in [4.69, 9.17) is 4.74 Å². The van der Waals surface area contributed by atoms with Gasteiger partial charge in [0.1, 0.15) is 17.4 Å². The van der Waals surface area contributed by atoms with Gasteiger partial charge in [-0.25, -0.2) is 8.78 Å². The van der Waals surface area contributed by atoms with Crippen LogP contribution >= 0.6 is 0 Å². The fraction of sp³-hybridized carbons (Fsp3) is 0.263. The monoisotopic (exact) mass is 362 g/mol. The van der Waals surface area contributed by atoms with E-state index in [0.29, 0.717) is 19.1 Å². The maximum atomic E-state index is 13.8. The van der Waals surface area contributed by atoms with E-state index in [9.17, 15) is 18.4 Å². The zero-order valence-electron chi connectivity index (χ0n) is 14.6. The normalized spacial score (nSPS) is 10.3. The number of para-hydroxylation sites is 1. The van der Waals surface area contributed by atoms with Gasteiger partial charge in [-0.1, -0.05) is 18.2 Å². The van der Waals surface area contributed by atoms with Gasteiger partial charge in [-0.3, -0.25) is 9.59 Å². The van der Waals surface area contributed by atoms with E-state index in [1.165, 1.54) is 6.92 Å². The topological polar surface area (TPSA) is 67.4 Å². The van der Waals surface area contributed by atoms with Crippen LogP contribution in [0, 0.1) is 18.6 Å². The molecule has 2 N–H and O–H groups in total. The summed E-state index contributed by atoms with van der Waals surface area (Å²) in [6, 6.07) is 9.19. The highest BCUT2D eigenvalue weighted by atomic mass is 19.1. The number of nitrogens with one attached hydrogen (secondary N) is 2. The van der Waals surface area contributed by atoms with Crippen LogP contribution in [0.5, 0.6) is 5.75 Å². The van der Waals surface area contributed by atoms with Crippen molar-refractivity contribution in [3.8, 4) is 5.75 Å². The molecule has 138 valence electrons. The fourth-order valence-corrected chi connectivity index (χ4v) is 2.28. The molecule has 0 aliphatic rings. The van der Waals surface area contributed by atoms with Crippen molar-refractivity contribution < 1.29 is 23.1 Å². The fourth-order valence-electron chi connectivity index (χ4n) is 2.28. The van der Waals surface area contributed by atoms with Crippen LogP contribution in [-0.4, -0.2) is 18.4 Å². The van der Waals surface area contributed by atoms with Gasteiger partial charge in [0.2, 0.25) is 11.8 Å². The molecule has 0 unspecified atom stereocenters. The number of benzene rings is 2. The second kappa shape index (κ2) is 8.94. The average Bonchev–Trinajstić information content (AvgIpc) is 2.57. The van der Waals surface area contributed by atoms with Crippen molar-refractivity contribution in [1.82, 2.24) is 0 Å². The highest BCUT2D eigenvalue weighted by molar-refractivity contribution is 5.93. The highest BCUT2D eigenvalue weighted by Gasteiger charge is 2.13. The van der Waals surface area contributed by atoms with Crippen molar-refractivity contribution in [3.63, 3.8) is 0 Å². The molecule has 7 heteroatoms. The molecule has 0 radical (unpaired) electrons. The van der Waals surface area contributed by atoms with E-state index in [1.807, 2.05) is 31.2 Å². The predicted octanol–water partition coefficient (Wildman–Crippen LogP) is 4.03. The number of rotatable bonds is 7. The Labute approximate surface area is 150 Å². The number of halogens is 2. The van der Waals surface area contributed by atoms with Gasteiger partial charge < -0.3 is 15.4 Å². The van der Waals surface area contributed by atoms with Gasteiger partial charge in [-0.05, 0) is 31.0 Å². The molecule has 0 bridgehead atoms. The van der Waals surface area contributed by atoms with Crippen LogP contribution in [0.2, 0.25) is 0 Å². The molecule has 0 saturated carbocycles. The lowest BCUT2D eigenvalue weighted by Gasteiger charge is -2.11. The Kier molecular flexibility index (Phi) is 6.66. The van der Waals surface area contributed by atoms with Gasteiger partial charge >= 0.3 is 0 Å². The van der Waals surface area contributed by atoms with E-state index >= 15 is 0 Å². The summed E-state index contributed by atoms with van der Waals surface area (Å²) in [4.78, 5) is 23.0. The zero-order chi connectivity index (χ0) is 19.1. The van der Waals surface area contributed by atoms with Crippen LogP contribution in [0.3, 0.4) is 0 Å². The summed E-state index contributed by atoms with van der Waals surface area (Å²) in [5, 5.41) is 4.61. The van der Waals surface area contributed by atoms with Crippen LogP contribution in [0.4, 0.5) is 20.2 Å². The quantitative estimate of drug-likeness (QED) is 0.731. The Balaban J connectivity index is 1.87. The summed E-state index contributed by atoms with van der Waals surface area (Å²) in [5.41, 5.74) is 0.605. The number of amides is 2. The number of carbonyl (C=O) groups is 2. The standard InChI is InChI=1S/C19H20F2N2O3/c1-12-6-3-4-7-18(12)26-9-5-8-19(25)23-17-11-16(22-13(2)24)14(20)10-15(17)21/h3-4,6-7,10-11H,5,8-9H2,1-2H3,(H,22,24)(H,23,25). The highest BCUT2D eigenvalue weighted by Crippen LogP contribution is 2.24. The Hall–Kier alpha value is -2.96. The lowest BCUT2D eigenvalue weighted by atomic mass is 10.2. The number of carbonyl (C=O) groups excluding carboxylic acids is 2. The lowest BCUT2D eigenvalue weighted by molar-refractivity contribution is -0.116. The summed E-state index contributed by atoms with van der Waals surface area (Å²) >= 11 is 0. The summed E-state index contributed by atoms with van der Waals surface area (Å²) in [6.07, 6.45) is 0.541. The minimum Gasteiger partial charge on any atom is -0.493 e. The van der Waals surface area contributed by atoms with Crippen molar-refractivity contribution in [2.75, 3.05) is 17.2 Å². The predicted molar refractivity (Wildman–Crippen MR) is 95.2 cm³/mol. The van der Waals surface area contributed by atoms with Crippen LogP contribution < -0.4 is 15.4 Å². The molecule has 0 aliphatic heterocycles. The molecule has 0 aromatic heterocycles. The number of hydrogen-bond acceptors (Lipinski definition) is 3. The average molecular weight is 362 g/mol. The number of anilines is 2. The first-order chi connectivity index (χ1) is 12.4. The van der Waals surface area contributed by atoms with Gasteiger partial charge in [-0.2, -0.15) is 0 Å². The van der Waals surface area contributed by atoms with Crippen LogP contribution in [0.25, 0.3) is 0 Å². The Morgan fingerprint density at radius 1 is 1.04 bits per heavy atom. The molecule has 26 heavy (non-hydrogen) atoms. The molecule has 5 nitrogen and oxygen atoms in total. The Morgan fingerprint density at radius 3 is 2.35 bits per heavy atom. The molecule has 0 spiro atoms. The van der Waals surface area contributed by atoms with Crippen molar-refractivity contribution in [1.29, 1.82) is 0 Å². The van der Waals surface area contributed by atoms with E-state index in [1.54, 1.807) is 0 Å². The maximum absolute atomic E-state index is 13.8. The maximum Gasteiger partial charge on any atom is 0.224 e. The van der Waals surface area contributed by atoms with Crippen molar-refractivity contribution >= 4 is 23.2 Å². The molecule has 0 heterocycles. The summed E-state index contributed by atoms with van der Waals surface area (Å²) in [7, 11) is 0. The zero-order valence-corrected chi connectivity index (χ0v) is 14.6. The molecule has 0 saturated heterocycles. The van der Waals surface area contributed by atoms with E-state index in [0.717, 1.165) is 17.4 Å². The van der Waals surface area contributed by atoms with Gasteiger partial charge in [0, 0.05) is 19.4 Å². The summed E-state index contributed by atoms with van der Waals surface area (Å²) < 4.78 is 33.0. The van der Waals surface area contributed by atoms with E-state index in [2.05, 4.69) is 10.6 Å². The molecular weight excluding hydrogens is 342 g/mol. The van der Waals surface area contributed by atoms with Gasteiger partial charge in [0.15, 0.2) is 0 Å². The van der Waals surface area contributed by atoms with Crippen molar-refractivity contribution in [2.45, 2.75) is 26.7 Å². The molecule has 0 aliphatic carbocycles. The minimum absolute atomic E-state index is 0.109. The molecular formula is C19H20F2N2O3. The summed E-state index contributed by atoms with van der Waals surface area (Å²) in [6.45, 7) is 3.46. The van der Waals surface area contributed by atoms with Crippen molar-refractivity contribution in [2.24, 2.45) is 0 Å².